The van der Waals surface area contributed by atoms with Gasteiger partial charge in [-0.3, -0.25) is 5.10 Å². The molecule has 10 nitrogen and oxygen atoms in total. The largest absolute Gasteiger partial charge is 0.470 e. The van der Waals surface area contributed by atoms with Crippen LogP contribution in [0.3, 0.4) is 0 Å². The third-order valence-corrected chi connectivity index (χ3v) is 7.31. The van der Waals surface area contributed by atoms with Crippen molar-refractivity contribution in [3.8, 4) is 5.75 Å². The van der Waals surface area contributed by atoms with Gasteiger partial charge in [0.25, 0.3) is 0 Å². The molecule has 40 heavy (non-hydrogen) atoms. The average molecular weight is 560 g/mol. The lowest BCUT2D eigenvalue weighted by atomic mass is 10.2. The molecule has 1 aliphatic carbocycles. The molecular weight excluding hydrogens is 526 g/mol. The standard InChI is InChI=1S/C29H34ClN9O/c1-5-27(32-6-2)38-11-13-39(14-12-38)28(17-25(31-4)35-26-16-23(36-37-26)20-7-8-20)33-18-40-24-10-9-22-21(29(24)30)15-19(3)34-22/h5-6,9-10,15-17,20,34H,1-2,4,7-8,11-14,18H2,3H3,(H2,35,36,37)/b25-17+,32-27?,33-28+. The van der Waals surface area contributed by atoms with E-state index in [9.17, 15) is 0 Å². The Balaban J connectivity index is 1.35. The van der Waals surface area contributed by atoms with Crippen molar-refractivity contribution in [2.75, 3.05) is 38.2 Å². The van der Waals surface area contributed by atoms with Crippen LogP contribution in [0.1, 0.15) is 30.1 Å². The Hall–Kier alpha value is -4.31. The molecule has 1 saturated heterocycles. The minimum absolute atomic E-state index is 0.0785. The van der Waals surface area contributed by atoms with Crippen LogP contribution in [-0.2, 0) is 0 Å². The number of aromatic amines is 2. The molecule has 3 N–H and O–H groups in total. The molecule has 3 aromatic rings. The zero-order valence-electron chi connectivity index (χ0n) is 22.7. The number of amidine groups is 2. The second-order valence-corrected chi connectivity index (χ2v) is 10.1. The quantitative estimate of drug-likeness (QED) is 0.225. The van der Waals surface area contributed by atoms with Gasteiger partial charge in [0.15, 0.2) is 12.5 Å². The molecule has 0 bridgehead atoms. The highest BCUT2D eigenvalue weighted by Crippen LogP contribution is 2.39. The summed E-state index contributed by atoms with van der Waals surface area (Å²) >= 11 is 6.64. The third kappa shape index (κ3) is 6.28. The predicted molar refractivity (Wildman–Crippen MR) is 164 cm³/mol. The number of anilines is 1. The van der Waals surface area contributed by atoms with Crippen LogP contribution in [0, 0.1) is 6.92 Å². The molecule has 2 fully saturated rings. The lowest BCUT2D eigenvalue weighted by molar-refractivity contribution is 0.257. The molecule has 0 radical (unpaired) electrons. The number of nitrogens with zero attached hydrogens (tertiary/aromatic N) is 6. The van der Waals surface area contributed by atoms with Crippen molar-refractivity contribution >= 4 is 46.7 Å². The number of rotatable bonds is 10. The summed E-state index contributed by atoms with van der Waals surface area (Å²) in [5.74, 6) is 3.89. The average Bonchev–Trinajstić information content (AvgIpc) is 3.59. The fourth-order valence-corrected chi connectivity index (χ4v) is 4.98. The van der Waals surface area contributed by atoms with E-state index in [0.29, 0.717) is 47.3 Å². The molecule has 5 rings (SSSR count). The van der Waals surface area contributed by atoms with Crippen molar-refractivity contribution in [3.05, 3.63) is 78.0 Å². The minimum atomic E-state index is 0.0785. The van der Waals surface area contributed by atoms with Gasteiger partial charge in [0.2, 0.25) is 0 Å². The Morgan fingerprint density at radius 1 is 1.18 bits per heavy atom. The van der Waals surface area contributed by atoms with Gasteiger partial charge >= 0.3 is 0 Å². The summed E-state index contributed by atoms with van der Waals surface area (Å²) in [7, 11) is 0. The SMILES string of the molecule is C=CN=C(C=C)N1CCN(C(/C=C(\N=C)Nc2cc(C3CC3)[nH]n2)=N/COc2ccc3[nH]c(C)cc3c2Cl)CC1. The Morgan fingerprint density at radius 3 is 2.60 bits per heavy atom. The normalized spacial score (nSPS) is 16.8. The first-order valence-electron chi connectivity index (χ1n) is 13.3. The fraction of sp³-hybridized carbons (Fsp3) is 0.310. The van der Waals surface area contributed by atoms with E-state index in [1.54, 1.807) is 6.08 Å². The molecular formula is C29H34ClN9O. The Labute approximate surface area is 238 Å². The van der Waals surface area contributed by atoms with Crippen molar-refractivity contribution in [3.63, 3.8) is 0 Å². The molecule has 1 aliphatic heterocycles. The van der Waals surface area contributed by atoms with Crippen molar-refractivity contribution in [2.24, 2.45) is 15.0 Å². The number of fused-ring (bicyclic) bond motifs is 1. The number of ether oxygens (including phenoxy) is 1. The van der Waals surface area contributed by atoms with Gasteiger partial charge in [0.1, 0.15) is 23.2 Å². The number of nitrogens with one attached hydrogen (secondary N) is 3. The van der Waals surface area contributed by atoms with Crippen LogP contribution in [0.2, 0.25) is 5.02 Å². The van der Waals surface area contributed by atoms with Crippen molar-refractivity contribution in [2.45, 2.75) is 25.7 Å². The van der Waals surface area contributed by atoms with E-state index < -0.39 is 0 Å². The molecule has 0 amide bonds. The predicted octanol–water partition coefficient (Wildman–Crippen LogP) is 5.46. The van der Waals surface area contributed by atoms with Gasteiger partial charge in [-0.1, -0.05) is 24.8 Å². The lowest BCUT2D eigenvalue weighted by Gasteiger charge is -2.36. The zero-order chi connectivity index (χ0) is 28.1. The number of hydrogen-bond donors (Lipinski definition) is 3. The molecule has 11 heteroatoms. The lowest BCUT2D eigenvalue weighted by Crippen LogP contribution is -2.50. The number of halogens is 1. The molecule has 2 aliphatic rings. The topological polar surface area (TPSA) is 109 Å². The van der Waals surface area contributed by atoms with Crippen LogP contribution in [0.4, 0.5) is 5.82 Å². The summed E-state index contributed by atoms with van der Waals surface area (Å²) in [4.78, 5) is 21.0. The summed E-state index contributed by atoms with van der Waals surface area (Å²) in [5.41, 5.74) is 3.14. The second kappa shape index (κ2) is 12.3. The second-order valence-electron chi connectivity index (χ2n) is 9.72. The Bertz CT molecular complexity index is 1490. The van der Waals surface area contributed by atoms with Gasteiger partial charge in [-0.15, -0.1) is 0 Å². The van der Waals surface area contributed by atoms with Gasteiger partial charge in [-0.05, 0) is 50.8 Å². The van der Waals surface area contributed by atoms with Crippen LogP contribution in [0.15, 0.2) is 76.6 Å². The maximum Gasteiger partial charge on any atom is 0.181 e. The van der Waals surface area contributed by atoms with Crippen LogP contribution in [-0.4, -0.2) is 76.3 Å². The highest BCUT2D eigenvalue weighted by atomic mass is 35.5. The van der Waals surface area contributed by atoms with Crippen LogP contribution in [0.25, 0.3) is 10.9 Å². The number of aromatic nitrogens is 3. The summed E-state index contributed by atoms with van der Waals surface area (Å²) < 4.78 is 6.03. The first-order valence-corrected chi connectivity index (χ1v) is 13.6. The van der Waals surface area contributed by atoms with E-state index in [4.69, 9.17) is 21.3 Å². The highest BCUT2D eigenvalue weighted by Gasteiger charge is 2.26. The van der Waals surface area contributed by atoms with Crippen LogP contribution >= 0.6 is 11.6 Å². The van der Waals surface area contributed by atoms with Gasteiger partial charge in [0, 0.05) is 72.7 Å². The van der Waals surface area contributed by atoms with Gasteiger partial charge in [0.05, 0.1) is 5.02 Å². The number of aryl methyl sites for hydroxylation is 1. The van der Waals surface area contributed by atoms with E-state index >= 15 is 0 Å². The summed E-state index contributed by atoms with van der Waals surface area (Å²) in [5, 5.41) is 12.2. The molecule has 0 atom stereocenters. The monoisotopic (exact) mass is 559 g/mol. The number of H-pyrrole nitrogens is 2. The van der Waals surface area contributed by atoms with Crippen molar-refractivity contribution < 1.29 is 4.74 Å². The smallest absolute Gasteiger partial charge is 0.181 e. The Kier molecular flexibility index (Phi) is 8.35. The van der Waals surface area contributed by atoms with Gasteiger partial charge in [-0.2, -0.15) is 5.10 Å². The van der Waals surface area contributed by atoms with E-state index in [2.05, 4.69) is 60.2 Å². The molecule has 0 unspecified atom stereocenters. The van der Waals surface area contributed by atoms with E-state index in [1.807, 2.05) is 37.3 Å². The zero-order valence-corrected chi connectivity index (χ0v) is 23.4. The number of benzene rings is 1. The van der Waals surface area contributed by atoms with Crippen LogP contribution < -0.4 is 10.1 Å². The maximum atomic E-state index is 6.64. The molecule has 1 aromatic carbocycles. The van der Waals surface area contributed by atoms with E-state index in [-0.39, 0.29) is 6.73 Å². The minimum Gasteiger partial charge on any atom is -0.470 e. The van der Waals surface area contributed by atoms with E-state index in [0.717, 1.165) is 41.2 Å². The van der Waals surface area contributed by atoms with Crippen molar-refractivity contribution in [1.29, 1.82) is 0 Å². The maximum absolute atomic E-state index is 6.64. The summed E-state index contributed by atoms with van der Waals surface area (Å²) in [6.07, 6.45) is 7.53. The molecule has 3 heterocycles. The number of hydrogen-bond acceptors (Lipinski definition) is 6. The molecule has 2 aromatic heterocycles. The summed E-state index contributed by atoms with van der Waals surface area (Å²) in [6, 6.07) is 7.84. The third-order valence-electron chi connectivity index (χ3n) is 6.92. The summed E-state index contributed by atoms with van der Waals surface area (Å²) in [6.45, 7) is 16.3. The first kappa shape index (κ1) is 27.3. The molecule has 1 saturated carbocycles. The van der Waals surface area contributed by atoms with Gasteiger partial charge < -0.3 is 24.8 Å². The Morgan fingerprint density at radius 2 is 1.93 bits per heavy atom. The van der Waals surface area contributed by atoms with Gasteiger partial charge in [-0.25, -0.2) is 15.0 Å². The number of piperazine rings is 1. The van der Waals surface area contributed by atoms with Crippen LogP contribution in [0.5, 0.6) is 5.75 Å². The highest BCUT2D eigenvalue weighted by molar-refractivity contribution is 6.37. The first-order chi connectivity index (χ1) is 19.5. The molecule has 208 valence electrons. The molecule has 0 spiro atoms. The van der Waals surface area contributed by atoms with E-state index in [1.165, 1.54) is 19.0 Å². The number of aliphatic imine (C=N–C) groups is 3. The van der Waals surface area contributed by atoms with Crippen molar-refractivity contribution in [1.82, 2.24) is 25.0 Å². The fourth-order valence-electron chi connectivity index (χ4n) is 4.70.